The molecule has 30 heavy (non-hydrogen) atoms. The Morgan fingerprint density at radius 2 is 1.97 bits per heavy atom. The number of nitrogens with one attached hydrogen (secondary N) is 1. The Bertz CT molecular complexity index is 1210. The predicted octanol–water partition coefficient (Wildman–Crippen LogP) is 3.82. The largest absolute Gasteiger partial charge is 0.480 e. The van der Waals surface area contributed by atoms with E-state index in [1.54, 1.807) is 13.0 Å². The number of nitrogens with zero attached hydrogens (tertiary/aromatic N) is 1. The van der Waals surface area contributed by atoms with E-state index in [1.807, 2.05) is 36.4 Å². The van der Waals surface area contributed by atoms with Gasteiger partial charge in [-0.25, -0.2) is 8.42 Å². The Morgan fingerprint density at radius 3 is 2.63 bits per heavy atom. The Balaban J connectivity index is 1.42. The molecule has 0 saturated heterocycles. The zero-order valence-corrected chi connectivity index (χ0v) is 17.7. The van der Waals surface area contributed by atoms with Crippen molar-refractivity contribution in [2.75, 3.05) is 0 Å². The molecule has 0 bridgehead atoms. The molecule has 1 aromatic carbocycles. The molecule has 5 rings (SSSR count). The molecule has 0 spiro atoms. The lowest BCUT2D eigenvalue weighted by molar-refractivity contribution is -0.140. The van der Waals surface area contributed by atoms with E-state index in [2.05, 4.69) is 9.88 Å². The second-order valence-corrected chi connectivity index (χ2v) is 11.0. The average molecular weight is 445 g/mol. The molecule has 3 aromatic rings. The molecule has 2 heterocycles. The molecule has 0 amide bonds. The van der Waals surface area contributed by atoms with Crippen molar-refractivity contribution in [1.29, 1.82) is 0 Å². The molecule has 2 aliphatic rings. The predicted molar refractivity (Wildman–Crippen MR) is 111 cm³/mol. The minimum Gasteiger partial charge on any atom is -0.480 e. The first-order chi connectivity index (χ1) is 14.3. The average Bonchev–Trinajstić information content (AvgIpc) is 3.49. The van der Waals surface area contributed by atoms with Crippen molar-refractivity contribution in [3.63, 3.8) is 0 Å². The number of thiophene rings is 1. The number of rotatable bonds is 7. The van der Waals surface area contributed by atoms with Gasteiger partial charge in [-0.3, -0.25) is 4.79 Å². The van der Waals surface area contributed by atoms with Gasteiger partial charge < -0.3 is 9.63 Å². The van der Waals surface area contributed by atoms with Gasteiger partial charge in [0.15, 0.2) is 0 Å². The van der Waals surface area contributed by atoms with E-state index >= 15 is 0 Å². The van der Waals surface area contributed by atoms with Gasteiger partial charge >= 0.3 is 5.97 Å². The third-order valence-corrected chi connectivity index (χ3v) is 9.11. The van der Waals surface area contributed by atoms with E-state index in [-0.39, 0.29) is 10.1 Å². The lowest BCUT2D eigenvalue weighted by atomic mass is 10.1. The Morgan fingerprint density at radius 1 is 1.23 bits per heavy atom. The molecule has 2 aliphatic carbocycles. The maximum atomic E-state index is 13.1. The monoisotopic (exact) mass is 444 g/mol. The highest BCUT2D eigenvalue weighted by Crippen LogP contribution is 2.58. The summed E-state index contributed by atoms with van der Waals surface area (Å²) in [7, 11) is -4.03. The number of benzene rings is 1. The van der Waals surface area contributed by atoms with Crippen molar-refractivity contribution in [2.24, 2.45) is 5.92 Å². The lowest BCUT2D eigenvalue weighted by Gasteiger charge is -2.15. The minimum absolute atomic E-state index is 0.0556. The van der Waals surface area contributed by atoms with Crippen LogP contribution in [0.5, 0.6) is 0 Å². The minimum atomic E-state index is -4.03. The van der Waals surface area contributed by atoms with Gasteiger partial charge in [0.05, 0.1) is 4.88 Å². The third kappa shape index (κ3) is 3.08. The summed E-state index contributed by atoms with van der Waals surface area (Å²) in [5, 5.41) is 14.0. The first kappa shape index (κ1) is 19.5. The molecule has 7 nitrogen and oxygen atoms in total. The summed E-state index contributed by atoms with van der Waals surface area (Å²) in [6.45, 7) is 1.75. The molecule has 2 saturated carbocycles. The fraction of sp³-hybridized carbons (Fsp3) is 0.333. The van der Waals surface area contributed by atoms with Gasteiger partial charge in [-0.1, -0.05) is 42.4 Å². The topological polar surface area (TPSA) is 110 Å². The van der Waals surface area contributed by atoms with E-state index in [0.29, 0.717) is 16.5 Å². The van der Waals surface area contributed by atoms with Crippen LogP contribution in [0.25, 0.3) is 10.6 Å². The highest BCUT2D eigenvalue weighted by atomic mass is 32.2. The van der Waals surface area contributed by atoms with Crippen LogP contribution in [0, 0.1) is 5.92 Å². The second kappa shape index (κ2) is 6.76. The van der Waals surface area contributed by atoms with Crippen molar-refractivity contribution < 1.29 is 22.8 Å². The van der Waals surface area contributed by atoms with Crippen LogP contribution in [0.1, 0.15) is 42.9 Å². The summed E-state index contributed by atoms with van der Waals surface area (Å²) >= 11 is 1.05. The molecule has 9 heteroatoms. The van der Waals surface area contributed by atoms with Crippen LogP contribution in [0.4, 0.5) is 0 Å². The Labute approximate surface area is 177 Å². The number of carboxylic acids is 1. The van der Waals surface area contributed by atoms with Crippen molar-refractivity contribution in [2.45, 2.75) is 41.3 Å². The normalized spacial score (nSPS) is 25.9. The van der Waals surface area contributed by atoms with Gasteiger partial charge in [-0.15, -0.1) is 11.3 Å². The van der Waals surface area contributed by atoms with Crippen molar-refractivity contribution in [1.82, 2.24) is 9.88 Å². The SMILES string of the molecule is C[C@H]1C(c2ccccc2)[C@]1(NS(=O)(=O)c1ccc(-c2cc(C3CC3)on2)s1)C(=O)O. The van der Waals surface area contributed by atoms with Gasteiger partial charge in [0.1, 0.15) is 21.2 Å². The summed E-state index contributed by atoms with van der Waals surface area (Å²) in [6, 6.07) is 14.1. The first-order valence-electron chi connectivity index (χ1n) is 9.72. The lowest BCUT2D eigenvalue weighted by Crippen LogP contribution is -2.45. The van der Waals surface area contributed by atoms with Gasteiger partial charge in [-0.2, -0.15) is 4.72 Å². The first-order valence-corrected chi connectivity index (χ1v) is 12.0. The molecule has 2 aromatic heterocycles. The van der Waals surface area contributed by atoms with Crippen LogP contribution in [-0.4, -0.2) is 30.2 Å². The maximum absolute atomic E-state index is 13.1. The summed E-state index contributed by atoms with van der Waals surface area (Å²) < 4.78 is 34.1. The van der Waals surface area contributed by atoms with Crippen LogP contribution < -0.4 is 4.72 Å². The number of aromatic nitrogens is 1. The zero-order valence-electron chi connectivity index (χ0n) is 16.1. The number of carboxylic acid groups (broad SMARTS) is 1. The molecule has 3 atom stereocenters. The fourth-order valence-electron chi connectivity index (χ4n) is 4.14. The highest BCUT2D eigenvalue weighted by Gasteiger charge is 2.70. The highest BCUT2D eigenvalue weighted by molar-refractivity contribution is 7.91. The van der Waals surface area contributed by atoms with Gasteiger partial charge in [0, 0.05) is 17.9 Å². The molecular formula is C21H20N2O5S2. The molecule has 2 fully saturated rings. The number of sulfonamides is 1. The molecule has 0 aliphatic heterocycles. The smallest absolute Gasteiger partial charge is 0.325 e. The third-order valence-electron chi connectivity index (χ3n) is 6.02. The number of carbonyl (C=O) groups is 1. The van der Waals surface area contributed by atoms with Crippen molar-refractivity contribution >= 4 is 27.3 Å². The van der Waals surface area contributed by atoms with E-state index < -0.39 is 27.4 Å². The fourth-order valence-corrected chi connectivity index (χ4v) is 6.86. The Kier molecular flexibility index (Phi) is 4.39. The van der Waals surface area contributed by atoms with Crippen LogP contribution in [0.2, 0.25) is 0 Å². The quantitative estimate of drug-likeness (QED) is 0.573. The van der Waals surface area contributed by atoms with Crippen LogP contribution in [-0.2, 0) is 14.8 Å². The summed E-state index contributed by atoms with van der Waals surface area (Å²) in [6.07, 6.45) is 2.17. The van der Waals surface area contributed by atoms with Gasteiger partial charge in [0.2, 0.25) is 0 Å². The van der Waals surface area contributed by atoms with Gasteiger partial charge in [-0.05, 0) is 36.5 Å². The van der Waals surface area contributed by atoms with E-state index in [0.717, 1.165) is 35.5 Å². The van der Waals surface area contributed by atoms with Crippen LogP contribution in [0.3, 0.4) is 0 Å². The van der Waals surface area contributed by atoms with Crippen molar-refractivity contribution in [3.05, 3.63) is 59.9 Å². The maximum Gasteiger partial charge on any atom is 0.325 e. The van der Waals surface area contributed by atoms with E-state index in [1.165, 1.54) is 6.07 Å². The summed E-state index contributed by atoms with van der Waals surface area (Å²) in [5.41, 5.74) is -0.160. The number of hydrogen-bond acceptors (Lipinski definition) is 6. The van der Waals surface area contributed by atoms with Gasteiger partial charge in [0.25, 0.3) is 10.0 Å². The standard InChI is InChI=1S/C21H20N2O5S2/c1-12-19(14-5-3-2-4-6-14)21(12,20(24)25)23-30(26,27)18-10-9-17(29-18)15-11-16(28-22-15)13-7-8-13/h2-6,9-13,19,23H,7-8H2,1H3,(H,24,25)/t12-,19?,21-/m0/s1. The zero-order chi connectivity index (χ0) is 21.1. The van der Waals surface area contributed by atoms with E-state index in [4.69, 9.17) is 4.52 Å². The molecule has 0 radical (unpaired) electrons. The second-order valence-electron chi connectivity index (χ2n) is 7.96. The number of hydrogen-bond donors (Lipinski definition) is 2. The molecule has 2 N–H and O–H groups in total. The summed E-state index contributed by atoms with van der Waals surface area (Å²) in [5.74, 6) is -0.735. The molecular weight excluding hydrogens is 424 g/mol. The van der Waals surface area contributed by atoms with Crippen LogP contribution >= 0.6 is 11.3 Å². The van der Waals surface area contributed by atoms with Crippen LogP contribution in [0.15, 0.2) is 57.3 Å². The van der Waals surface area contributed by atoms with Crippen molar-refractivity contribution in [3.8, 4) is 10.6 Å². The number of aliphatic carboxylic acids is 1. The summed E-state index contributed by atoms with van der Waals surface area (Å²) in [4.78, 5) is 12.8. The molecule has 1 unspecified atom stereocenters. The van der Waals surface area contributed by atoms with E-state index in [9.17, 15) is 18.3 Å². The Hall–Kier alpha value is -2.49. The molecule has 156 valence electrons.